The van der Waals surface area contributed by atoms with Crippen LogP contribution in [-0.2, 0) is 21.4 Å². The van der Waals surface area contributed by atoms with Gasteiger partial charge in [-0.25, -0.2) is 8.42 Å². The molecule has 2 N–H and O–H groups in total. The van der Waals surface area contributed by atoms with Crippen LogP contribution >= 0.6 is 0 Å². The number of hydrogen-bond acceptors (Lipinski definition) is 8. The third-order valence-corrected chi connectivity index (χ3v) is 10.3. The van der Waals surface area contributed by atoms with E-state index in [9.17, 15) is 18.3 Å². The van der Waals surface area contributed by atoms with Gasteiger partial charge in [-0.2, -0.15) is 4.31 Å². The van der Waals surface area contributed by atoms with Crippen LogP contribution < -0.4 is 10.1 Å². The summed E-state index contributed by atoms with van der Waals surface area (Å²) in [6.07, 6.45) is 1.12. The fourth-order valence-electron chi connectivity index (χ4n) is 5.85. The second-order valence-electron chi connectivity index (χ2n) is 11.3. The van der Waals surface area contributed by atoms with Crippen molar-refractivity contribution in [1.82, 2.24) is 19.7 Å². The lowest BCUT2D eigenvalue weighted by atomic mass is 9.84. The van der Waals surface area contributed by atoms with Crippen LogP contribution in [0.5, 0.6) is 5.75 Å². The third-order valence-electron chi connectivity index (χ3n) is 8.36. The second-order valence-corrected chi connectivity index (χ2v) is 13.1. The monoisotopic (exact) mass is 546 g/mol. The molecule has 1 spiro atoms. The predicted octanol–water partition coefficient (Wildman–Crippen LogP) is 2.47. The van der Waals surface area contributed by atoms with Gasteiger partial charge in [0.05, 0.1) is 18.4 Å². The molecule has 208 valence electrons. The summed E-state index contributed by atoms with van der Waals surface area (Å²) in [4.78, 5) is 16.0. The maximum atomic E-state index is 13.8. The highest BCUT2D eigenvalue weighted by molar-refractivity contribution is 7.89. The van der Waals surface area contributed by atoms with Crippen molar-refractivity contribution in [3.8, 4) is 5.75 Å². The molecule has 0 bridgehead atoms. The molecule has 3 aliphatic heterocycles. The number of amides is 1. The summed E-state index contributed by atoms with van der Waals surface area (Å²) in [5.41, 5.74) is 2.42. The number of carbonyl (C=O) groups is 1. The summed E-state index contributed by atoms with van der Waals surface area (Å²) >= 11 is 0. The first-order valence-corrected chi connectivity index (χ1v) is 14.9. The van der Waals surface area contributed by atoms with E-state index < -0.39 is 27.7 Å². The lowest BCUT2D eigenvalue weighted by molar-refractivity contribution is -0.127. The average molecular weight is 547 g/mol. The van der Waals surface area contributed by atoms with E-state index in [4.69, 9.17) is 9.26 Å². The average Bonchev–Trinajstić information content (AvgIpc) is 3.42. The van der Waals surface area contributed by atoms with Gasteiger partial charge in [0.15, 0.2) is 0 Å². The van der Waals surface area contributed by atoms with Crippen molar-refractivity contribution in [2.75, 3.05) is 26.2 Å². The maximum absolute atomic E-state index is 13.8. The molecule has 2 aromatic rings. The first-order valence-electron chi connectivity index (χ1n) is 13.4. The first-order chi connectivity index (χ1) is 18.0. The van der Waals surface area contributed by atoms with E-state index in [2.05, 4.69) is 15.4 Å². The molecule has 0 aliphatic carbocycles. The van der Waals surface area contributed by atoms with Crippen molar-refractivity contribution in [2.45, 2.75) is 88.4 Å². The molecule has 3 aliphatic rings. The minimum Gasteiger partial charge on any atom is -0.492 e. The van der Waals surface area contributed by atoms with Crippen molar-refractivity contribution < 1.29 is 27.6 Å². The van der Waals surface area contributed by atoms with Crippen molar-refractivity contribution >= 4 is 15.9 Å². The fraction of sp³-hybridized carbons (Fsp3) is 0.630. The van der Waals surface area contributed by atoms with Crippen LogP contribution in [0.3, 0.4) is 0 Å². The zero-order chi connectivity index (χ0) is 27.2. The van der Waals surface area contributed by atoms with Crippen molar-refractivity contribution in [3.63, 3.8) is 0 Å². The zero-order valence-electron chi connectivity index (χ0n) is 22.6. The Morgan fingerprint density at radius 3 is 2.61 bits per heavy atom. The number of aliphatic hydroxyl groups excluding tert-OH is 1. The largest absolute Gasteiger partial charge is 0.492 e. The molecule has 38 heavy (non-hydrogen) atoms. The molecular formula is C27H38N4O6S. The lowest BCUT2D eigenvalue weighted by Gasteiger charge is -2.43. The maximum Gasteiger partial charge on any atom is 0.247 e. The number of benzene rings is 1. The molecule has 5 rings (SSSR count). The number of hydrogen-bond donors (Lipinski definition) is 2. The van der Waals surface area contributed by atoms with Crippen LogP contribution in [0.1, 0.15) is 68.0 Å². The molecule has 2 saturated heterocycles. The van der Waals surface area contributed by atoms with Gasteiger partial charge in [0.1, 0.15) is 22.4 Å². The molecular weight excluding hydrogens is 508 g/mol. The van der Waals surface area contributed by atoms with Crippen LogP contribution in [0.25, 0.3) is 0 Å². The van der Waals surface area contributed by atoms with Gasteiger partial charge in [0.25, 0.3) is 0 Å². The Balaban J connectivity index is 1.43. The summed E-state index contributed by atoms with van der Waals surface area (Å²) in [6, 6.07) is 4.19. The van der Waals surface area contributed by atoms with E-state index in [0.717, 1.165) is 46.5 Å². The molecule has 4 heterocycles. The zero-order valence-corrected chi connectivity index (χ0v) is 23.4. The van der Waals surface area contributed by atoms with Gasteiger partial charge < -0.3 is 19.7 Å². The normalized spacial score (nSPS) is 25.9. The Kier molecular flexibility index (Phi) is 7.32. The van der Waals surface area contributed by atoms with Crippen LogP contribution in [0.15, 0.2) is 27.6 Å². The first kappa shape index (κ1) is 27.1. The van der Waals surface area contributed by atoms with Gasteiger partial charge in [-0.3, -0.25) is 9.69 Å². The number of nitrogens with zero attached hydrogens (tertiary/aromatic N) is 3. The number of aromatic nitrogens is 1. The van der Waals surface area contributed by atoms with Crippen LogP contribution in [0.4, 0.5) is 0 Å². The summed E-state index contributed by atoms with van der Waals surface area (Å²) < 4.78 is 40.2. The Morgan fingerprint density at radius 2 is 1.95 bits per heavy atom. The van der Waals surface area contributed by atoms with Crippen molar-refractivity contribution in [3.05, 3.63) is 40.8 Å². The quantitative estimate of drug-likeness (QED) is 0.602. The molecule has 1 aromatic heterocycles. The van der Waals surface area contributed by atoms with Gasteiger partial charge >= 0.3 is 0 Å². The number of piperidine rings is 1. The number of aliphatic hydroxyl groups is 1. The molecule has 0 radical (unpaired) electrons. The van der Waals surface area contributed by atoms with Crippen LogP contribution in [-0.4, -0.2) is 77.7 Å². The standard InChI is InChI=1S/C27H38N4O6S/c1-17(2)20-5-6-25-24(13-20)36-12-9-27(28-26(33)23-14-21(32)15-31(23)38(25,34)35)7-10-30(11-8-27)16-22-18(3)29-37-19(22)4/h5-6,13,17,21,23,32H,7-12,14-16H2,1-4H3,(H,28,33)/t21-,23+/m1/s1. The molecule has 0 saturated carbocycles. The number of likely N-dealkylation sites (tertiary alicyclic amines) is 1. The summed E-state index contributed by atoms with van der Waals surface area (Å²) in [7, 11) is -4.07. The number of nitrogens with one attached hydrogen (secondary N) is 1. The third kappa shape index (κ3) is 5.09. The van der Waals surface area contributed by atoms with E-state index in [0.29, 0.717) is 25.0 Å². The Bertz CT molecular complexity index is 1280. The number of carbonyl (C=O) groups excluding carboxylic acids is 1. The number of aryl methyl sites for hydroxylation is 2. The van der Waals surface area contributed by atoms with E-state index in [1.54, 1.807) is 18.2 Å². The van der Waals surface area contributed by atoms with Crippen molar-refractivity contribution in [1.29, 1.82) is 0 Å². The van der Waals surface area contributed by atoms with E-state index >= 15 is 0 Å². The summed E-state index contributed by atoms with van der Waals surface area (Å²) in [5.74, 6) is 0.964. The van der Waals surface area contributed by atoms with Crippen molar-refractivity contribution in [2.24, 2.45) is 0 Å². The molecule has 11 heteroatoms. The molecule has 2 fully saturated rings. The molecule has 0 unspecified atom stereocenters. The van der Waals surface area contributed by atoms with Crippen LogP contribution in [0, 0.1) is 13.8 Å². The van der Waals surface area contributed by atoms with Gasteiger partial charge in [-0.05, 0) is 50.3 Å². The highest BCUT2D eigenvalue weighted by atomic mass is 32.2. The topological polar surface area (TPSA) is 125 Å². The van der Waals surface area contributed by atoms with E-state index in [-0.39, 0.29) is 36.3 Å². The highest BCUT2D eigenvalue weighted by Crippen LogP contribution is 2.36. The number of ether oxygens (including phenoxy) is 1. The highest BCUT2D eigenvalue weighted by Gasteiger charge is 2.47. The molecule has 10 nitrogen and oxygen atoms in total. The smallest absolute Gasteiger partial charge is 0.247 e. The Hall–Kier alpha value is -2.47. The predicted molar refractivity (Wildman–Crippen MR) is 140 cm³/mol. The minimum atomic E-state index is -4.07. The number of sulfonamides is 1. The second kappa shape index (κ2) is 10.3. The SMILES string of the molecule is Cc1noc(C)c1CN1CCC2(CCOc3cc(C(C)C)ccc3S(=O)(=O)N3C[C@H](O)C[C@H]3C(=O)N2)CC1. The Morgan fingerprint density at radius 1 is 1.21 bits per heavy atom. The summed E-state index contributed by atoms with van der Waals surface area (Å²) in [5, 5.41) is 17.7. The van der Waals surface area contributed by atoms with Gasteiger partial charge in [-0.15, -0.1) is 0 Å². The van der Waals surface area contributed by atoms with Gasteiger partial charge in [0, 0.05) is 50.1 Å². The summed E-state index contributed by atoms with van der Waals surface area (Å²) in [6.45, 7) is 10.4. The molecule has 1 aromatic carbocycles. The number of fused-ring (bicyclic) bond motifs is 2. The minimum absolute atomic E-state index is 0.0408. The molecule has 2 atom stereocenters. The lowest BCUT2D eigenvalue weighted by Crippen LogP contribution is -2.59. The van der Waals surface area contributed by atoms with E-state index in [1.165, 1.54) is 0 Å². The molecule has 1 amide bonds. The van der Waals surface area contributed by atoms with Gasteiger partial charge in [-0.1, -0.05) is 25.1 Å². The van der Waals surface area contributed by atoms with Crippen LogP contribution in [0.2, 0.25) is 0 Å². The number of rotatable bonds is 3. The fourth-order valence-corrected chi connectivity index (χ4v) is 7.60. The Labute approximate surface area is 224 Å². The van der Waals surface area contributed by atoms with Gasteiger partial charge in [0.2, 0.25) is 15.9 Å². The van der Waals surface area contributed by atoms with E-state index in [1.807, 2.05) is 27.7 Å².